The van der Waals surface area contributed by atoms with Crippen LogP contribution in [0.3, 0.4) is 0 Å². The van der Waals surface area contributed by atoms with Crippen molar-refractivity contribution in [2.24, 2.45) is 5.92 Å². The first-order chi connectivity index (χ1) is 12.3. The molecule has 5 heteroatoms. The Hall–Kier alpha value is -1.76. The number of hydrogen-bond donors (Lipinski definition) is 4. The van der Waals surface area contributed by atoms with Gasteiger partial charge in [0.1, 0.15) is 18.0 Å². The molecule has 0 saturated carbocycles. The molecule has 2 aromatic carbocycles. The van der Waals surface area contributed by atoms with E-state index in [0.717, 1.165) is 37.1 Å². The van der Waals surface area contributed by atoms with E-state index >= 15 is 0 Å². The molecule has 5 nitrogen and oxygen atoms in total. The number of rotatable bonds is 4. The molecule has 2 unspecified atom stereocenters. The smallest absolute Gasteiger partial charge is 0.145 e. The summed E-state index contributed by atoms with van der Waals surface area (Å²) in [4.78, 5) is 5.85. The number of aliphatic hydroxyl groups is 1. The average molecular weight is 339 g/mol. The second-order valence-electron chi connectivity index (χ2n) is 6.84. The summed E-state index contributed by atoms with van der Waals surface area (Å²) in [5.41, 5.74) is 3.51. The van der Waals surface area contributed by atoms with Gasteiger partial charge in [-0.25, -0.2) is 0 Å². The highest BCUT2D eigenvalue weighted by molar-refractivity contribution is 5.38. The van der Waals surface area contributed by atoms with Crippen molar-refractivity contribution in [3.8, 4) is 0 Å². The predicted octanol–water partition coefficient (Wildman–Crippen LogP) is 1.70. The van der Waals surface area contributed by atoms with Gasteiger partial charge in [0.2, 0.25) is 0 Å². The Morgan fingerprint density at radius 3 is 2.00 bits per heavy atom. The topological polar surface area (TPSA) is 65.5 Å². The van der Waals surface area contributed by atoms with Crippen LogP contribution in [0.25, 0.3) is 0 Å². The molecule has 2 aliphatic rings. The normalized spacial score (nSPS) is 25.2. The molecule has 2 heterocycles. The van der Waals surface area contributed by atoms with E-state index in [1.54, 1.807) is 0 Å². The van der Waals surface area contributed by atoms with Crippen LogP contribution in [-0.4, -0.2) is 30.6 Å². The fraction of sp³-hybridized carbons (Fsp3) is 0.400. The SMILES string of the molecule is OC(c1ccccc1)(c1ccccc1)C1NOC(C2CCNCC2)N1. The first kappa shape index (κ1) is 16.7. The van der Waals surface area contributed by atoms with Crippen LogP contribution in [0, 0.1) is 5.92 Å². The summed E-state index contributed by atoms with van der Waals surface area (Å²) in [6.45, 7) is 2.02. The van der Waals surface area contributed by atoms with Gasteiger partial charge in [-0.1, -0.05) is 60.7 Å². The highest BCUT2D eigenvalue weighted by atomic mass is 16.7. The molecular formula is C20H25N3O2. The second-order valence-corrected chi connectivity index (χ2v) is 6.84. The molecule has 2 saturated heterocycles. The molecule has 132 valence electrons. The number of hydrogen-bond acceptors (Lipinski definition) is 5. The maximum absolute atomic E-state index is 11.8. The van der Waals surface area contributed by atoms with Crippen molar-refractivity contribution in [1.82, 2.24) is 16.1 Å². The van der Waals surface area contributed by atoms with E-state index in [9.17, 15) is 5.11 Å². The van der Waals surface area contributed by atoms with Crippen molar-refractivity contribution in [2.75, 3.05) is 13.1 Å². The van der Waals surface area contributed by atoms with Crippen LogP contribution in [0.15, 0.2) is 60.7 Å². The summed E-state index contributed by atoms with van der Waals surface area (Å²) >= 11 is 0. The maximum atomic E-state index is 11.8. The number of hydroxylamine groups is 1. The third-order valence-corrected chi connectivity index (χ3v) is 5.30. The lowest BCUT2D eigenvalue weighted by molar-refractivity contribution is -0.0371. The van der Waals surface area contributed by atoms with Gasteiger partial charge in [0.25, 0.3) is 0 Å². The van der Waals surface area contributed by atoms with E-state index in [0.29, 0.717) is 5.92 Å². The van der Waals surface area contributed by atoms with Crippen LogP contribution in [0.1, 0.15) is 24.0 Å². The highest BCUT2D eigenvalue weighted by Gasteiger charge is 2.46. The third-order valence-electron chi connectivity index (χ3n) is 5.30. The average Bonchev–Trinajstić information content (AvgIpc) is 3.20. The lowest BCUT2D eigenvalue weighted by Crippen LogP contribution is -2.53. The van der Waals surface area contributed by atoms with Gasteiger partial charge >= 0.3 is 0 Å². The van der Waals surface area contributed by atoms with E-state index in [-0.39, 0.29) is 6.23 Å². The summed E-state index contributed by atoms with van der Waals surface area (Å²) < 4.78 is 0. The van der Waals surface area contributed by atoms with Crippen LogP contribution < -0.4 is 16.1 Å². The summed E-state index contributed by atoms with van der Waals surface area (Å²) in [5.74, 6) is 0.439. The van der Waals surface area contributed by atoms with Crippen molar-refractivity contribution in [1.29, 1.82) is 0 Å². The monoisotopic (exact) mass is 339 g/mol. The Morgan fingerprint density at radius 2 is 1.44 bits per heavy atom. The Kier molecular flexibility index (Phi) is 4.83. The Balaban J connectivity index is 1.63. The number of piperidine rings is 1. The van der Waals surface area contributed by atoms with Crippen LogP contribution in [-0.2, 0) is 10.4 Å². The van der Waals surface area contributed by atoms with Crippen molar-refractivity contribution in [3.05, 3.63) is 71.8 Å². The molecule has 0 amide bonds. The Labute approximate surface area is 148 Å². The van der Waals surface area contributed by atoms with Gasteiger partial charge in [0.05, 0.1) is 0 Å². The minimum Gasteiger partial charge on any atom is -0.377 e. The van der Waals surface area contributed by atoms with Gasteiger partial charge in [-0.3, -0.25) is 10.2 Å². The molecule has 0 radical (unpaired) electrons. The fourth-order valence-electron chi connectivity index (χ4n) is 3.84. The molecule has 2 atom stereocenters. The van der Waals surface area contributed by atoms with Gasteiger partial charge in [0, 0.05) is 5.92 Å². The zero-order valence-electron chi connectivity index (χ0n) is 14.2. The van der Waals surface area contributed by atoms with Crippen molar-refractivity contribution < 1.29 is 9.94 Å². The van der Waals surface area contributed by atoms with Crippen LogP contribution in [0.4, 0.5) is 0 Å². The number of nitrogens with one attached hydrogen (secondary N) is 3. The first-order valence-corrected chi connectivity index (χ1v) is 9.00. The molecule has 4 N–H and O–H groups in total. The van der Waals surface area contributed by atoms with E-state index in [1.165, 1.54) is 0 Å². The van der Waals surface area contributed by atoms with Crippen LogP contribution >= 0.6 is 0 Å². The highest BCUT2D eigenvalue weighted by Crippen LogP contribution is 2.34. The quantitative estimate of drug-likeness (QED) is 0.683. The Morgan fingerprint density at radius 1 is 0.880 bits per heavy atom. The lowest BCUT2D eigenvalue weighted by Gasteiger charge is -2.35. The van der Waals surface area contributed by atoms with Crippen molar-refractivity contribution in [2.45, 2.75) is 30.8 Å². The summed E-state index contributed by atoms with van der Waals surface area (Å²) in [6.07, 6.45) is 1.63. The van der Waals surface area contributed by atoms with E-state index in [2.05, 4.69) is 16.1 Å². The standard InChI is InChI=1S/C20H25N3O2/c24-20(16-7-3-1-4-8-16,17-9-5-2-6-10-17)19-22-18(25-23-19)15-11-13-21-14-12-15/h1-10,15,18-19,21-24H,11-14H2. The van der Waals surface area contributed by atoms with Crippen molar-refractivity contribution >= 4 is 0 Å². The fourth-order valence-corrected chi connectivity index (χ4v) is 3.84. The van der Waals surface area contributed by atoms with Crippen molar-refractivity contribution in [3.63, 3.8) is 0 Å². The Bertz CT molecular complexity index is 634. The molecule has 0 aliphatic carbocycles. The second kappa shape index (κ2) is 7.23. The van der Waals surface area contributed by atoms with Gasteiger partial charge in [-0.2, -0.15) is 5.48 Å². The summed E-state index contributed by atoms with van der Waals surface area (Å²) in [5, 5.41) is 18.6. The molecule has 2 fully saturated rings. The van der Waals surface area contributed by atoms with Gasteiger partial charge in [-0.05, 0) is 37.1 Å². The van der Waals surface area contributed by atoms with Gasteiger partial charge in [0.15, 0.2) is 0 Å². The zero-order valence-corrected chi connectivity index (χ0v) is 14.2. The van der Waals surface area contributed by atoms with Crippen LogP contribution in [0.2, 0.25) is 0 Å². The molecule has 0 bridgehead atoms. The third kappa shape index (κ3) is 3.21. The van der Waals surface area contributed by atoms with Gasteiger partial charge in [-0.15, -0.1) is 0 Å². The molecule has 4 rings (SSSR count). The molecule has 0 spiro atoms. The van der Waals surface area contributed by atoms with E-state index in [4.69, 9.17) is 4.84 Å². The van der Waals surface area contributed by atoms with E-state index < -0.39 is 11.8 Å². The molecule has 2 aliphatic heterocycles. The van der Waals surface area contributed by atoms with Crippen LogP contribution in [0.5, 0.6) is 0 Å². The largest absolute Gasteiger partial charge is 0.377 e. The number of benzene rings is 2. The molecule has 25 heavy (non-hydrogen) atoms. The lowest BCUT2D eigenvalue weighted by atomic mass is 9.83. The summed E-state index contributed by atoms with van der Waals surface area (Å²) in [6, 6.07) is 19.5. The predicted molar refractivity (Wildman–Crippen MR) is 96.4 cm³/mol. The van der Waals surface area contributed by atoms with Gasteiger partial charge < -0.3 is 10.4 Å². The van der Waals surface area contributed by atoms with E-state index in [1.807, 2.05) is 60.7 Å². The summed E-state index contributed by atoms with van der Waals surface area (Å²) in [7, 11) is 0. The molecular weight excluding hydrogens is 314 g/mol. The maximum Gasteiger partial charge on any atom is 0.145 e. The molecule has 2 aromatic rings. The molecule has 0 aromatic heterocycles. The minimum atomic E-state index is -1.22. The first-order valence-electron chi connectivity index (χ1n) is 9.00. The zero-order chi connectivity index (χ0) is 17.1. The minimum absolute atomic E-state index is 0.0916.